The van der Waals surface area contributed by atoms with Gasteiger partial charge in [0.05, 0.1) is 0 Å². The quantitative estimate of drug-likeness (QED) is 0.231. The fraction of sp³-hybridized carbons (Fsp3) is 0. The van der Waals surface area contributed by atoms with E-state index in [1.165, 1.54) is 22.1 Å². The highest BCUT2D eigenvalue weighted by Gasteiger charge is 2.13. The lowest BCUT2D eigenvalue weighted by molar-refractivity contribution is 1.07. The monoisotopic (exact) mass is 511 g/mol. The molecule has 0 radical (unpaired) electrons. The molecule has 0 fully saturated rings. The van der Waals surface area contributed by atoms with Crippen LogP contribution in [0.4, 0.5) is 0 Å². The molecule has 0 aliphatic carbocycles. The molecule has 1 heterocycles. The molecule has 0 N–H and O–H groups in total. The molecule has 0 saturated carbocycles. The first-order valence-corrected chi connectivity index (χ1v) is 13.4. The van der Waals surface area contributed by atoms with Crippen LogP contribution in [-0.4, -0.2) is 15.0 Å². The lowest BCUT2D eigenvalue weighted by atomic mass is 10.00. The Kier molecular flexibility index (Phi) is 6.15. The molecule has 7 rings (SSSR count). The smallest absolute Gasteiger partial charge is 0.164 e. The number of aromatic nitrogens is 3. The van der Waals surface area contributed by atoms with E-state index in [0.717, 1.165) is 27.6 Å². The Morgan fingerprint density at radius 3 is 1.12 bits per heavy atom. The van der Waals surface area contributed by atoms with Crippen LogP contribution in [0, 0.1) is 0 Å². The Hall–Kier alpha value is -5.41. The molecular formula is C37H25N3. The van der Waals surface area contributed by atoms with Gasteiger partial charge >= 0.3 is 0 Å². The Bertz CT molecular complexity index is 1920. The van der Waals surface area contributed by atoms with Gasteiger partial charge in [-0.3, -0.25) is 0 Å². The van der Waals surface area contributed by atoms with Crippen molar-refractivity contribution >= 4 is 10.8 Å². The summed E-state index contributed by atoms with van der Waals surface area (Å²) in [6, 6.07) is 52.3. The summed E-state index contributed by atoms with van der Waals surface area (Å²) in [6.07, 6.45) is 0. The van der Waals surface area contributed by atoms with E-state index in [2.05, 4.69) is 109 Å². The minimum absolute atomic E-state index is 0.656. The molecule has 0 atom stereocenters. The third-order valence-corrected chi connectivity index (χ3v) is 7.12. The topological polar surface area (TPSA) is 38.7 Å². The van der Waals surface area contributed by atoms with Crippen molar-refractivity contribution in [2.75, 3.05) is 0 Å². The van der Waals surface area contributed by atoms with Crippen molar-refractivity contribution < 1.29 is 0 Å². The number of hydrogen-bond donors (Lipinski definition) is 0. The molecule has 0 saturated heterocycles. The predicted molar refractivity (Wildman–Crippen MR) is 165 cm³/mol. The first-order valence-electron chi connectivity index (χ1n) is 13.4. The van der Waals surface area contributed by atoms with Crippen LogP contribution < -0.4 is 0 Å². The Morgan fingerprint density at radius 1 is 0.250 bits per heavy atom. The maximum absolute atomic E-state index is 4.95. The Morgan fingerprint density at radius 2 is 0.575 bits per heavy atom. The average Bonchev–Trinajstić information content (AvgIpc) is 3.05. The summed E-state index contributed by atoms with van der Waals surface area (Å²) in [7, 11) is 0. The molecule has 0 spiro atoms. The largest absolute Gasteiger partial charge is 0.208 e. The van der Waals surface area contributed by atoms with Crippen LogP contribution in [0.1, 0.15) is 0 Å². The molecule has 3 heteroatoms. The van der Waals surface area contributed by atoms with Gasteiger partial charge in [-0.25, -0.2) is 15.0 Å². The van der Waals surface area contributed by atoms with Gasteiger partial charge in [-0.2, -0.15) is 0 Å². The van der Waals surface area contributed by atoms with Gasteiger partial charge in [-0.1, -0.05) is 140 Å². The Labute approximate surface area is 233 Å². The van der Waals surface area contributed by atoms with Crippen molar-refractivity contribution in [2.24, 2.45) is 0 Å². The van der Waals surface area contributed by atoms with Crippen LogP contribution in [-0.2, 0) is 0 Å². The van der Waals surface area contributed by atoms with E-state index < -0.39 is 0 Å². The average molecular weight is 512 g/mol. The molecule has 7 aromatic rings. The predicted octanol–water partition coefficient (Wildman–Crippen LogP) is 9.36. The standard InChI is InChI=1S/C37H25N3/c1-4-10-26(11-5-1)28-16-18-30(19-17-28)36-38-35(29-14-8-3-9-15-29)39-37(40-36)34-23-22-32-24-31(20-21-33(32)25-34)27-12-6-2-7-13-27/h1-25H. The van der Waals surface area contributed by atoms with Gasteiger partial charge in [0.25, 0.3) is 0 Å². The van der Waals surface area contributed by atoms with Gasteiger partial charge < -0.3 is 0 Å². The van der Waals surface area contributed by atoms with Gasteiger partial charge in [0.2, 0.25) is 0 Å². The zero-order valence-electron chi connectivity index (χ0n) is 21.8. The highest BCUT2D eigenvalue weighted by Crippen LogP contribution is 2.30. The number of fused-ring (bicyclic) bond motifs is 1. The normalized spacial score (nSPS) is 11.0. The number of nitrogens with zero attached hydrogens (tertiary/aromatic N) is 3. The van der Waals surface area contributed by atoms with Crippen LogP contribution in [0.2, 0.25) is 0 Å². The SMILES string of the molecule is c1ccc(-c2ccc(-c3nc(-c4ccccc4)nc(-c4ccc5cc(-c6ccccc6)ccc5c4)n3)cc2)cc1. The van der Waals surface area contributed by atoms with Crippen molar-refractivity contribution in [3.05, 3.63) is 152 Å². The zero-order valence-corrected chi connectivity index (χ0v) is 21.8. The first-order chi connectivity index (χ1) is 19.8. The van der Waals surface area contributed by atoms with E-state index in [4.69, 9.17) is 15.0 Å². The highest BCUT2D eigenvalue weighted by atomic mass is 15.0. The number of hydrogen-bond acceptors (Lipinski definition) is 3. The molecule has 0 aliphatic heterocycles. The maximum Gasteiger partial charge on any atom is 0.164 e. The second-order valence-electron chi connectivity index (χ2n) is 9.76. The molecule has 188 valence electrons. The van der Waals surface area contributed by atoms with Crippen molar-refractivity contribution in [1.82, 2.24) is 15.0 Å². The lowest BCUT2D eigenvalue weighted by Gasteiger charge is -2.10. The van der Waals surface area contributed by atoms with Crippen molar-refractivity contribution in [2.45, 2.75) is 0 Å². The van der Waals surface area contributed by atoms with Crippen LogP contribution in [0.15, 0.2) is 152 Å². The summed E-state index contributed by atoms with van der Waals surface area (Å²) in [5.74, 6) is 1.97. The van der Waals surface area contributed by atoms with Gasteiger partial charge in [-0.05, 0) is 45.2 Å². The molecule has 1 aromatic heterocycles. The summed E-state index contributed by atoms with van der Waals surface area (Å²) >= 11 is 0. The van der Waals surface area contributed by atoms with Gasteiger partial charge in [-0.15, -0.1) is 0 Å². The highest BCUT2D eigenvalue weighted by molar-refractivity contribution is 5.90. The third-order valence-electron chi connectivity index (χ3n) is 7.12. The third kappa shape index (κ3) is 4.77. The molecule has 0 aliphatic rings. The van der Waals surface area contributed by atoms with Gasteiger partial charge in [0.1, 0.15) is 0 Å². The molecular weight excluding hydrogens is 486 g/mol. The second-order valence-corrected chi connectivity index (χ2v) is 9.76. The number of rotatable bonds is 5. The maximum atomic E-state index is 4.95. The molecule has 40 heavy (non-hydrogen) atoms. The van der Waals surface area contributed by atoms with Gasteiger partial charge in [0.15, 0.2) is 17.5 Å². The number of benzene rings is 6. The van der Waals surface area contributed by atoms with E-state index in [9.17, 15) is 0 Å². The van der Waals surface area contributed by atoms with E-state index in [-0.39, 0.29) is 0 Å². The minimum Gasteiger partial charge on any atom is -0.208 e. The molecule has 3 nitrogen and oxygen atoms in total. The van der Waals surface area contributed by atoms with E-state index in [1.807, 2.05) is 42.5 Å². The lowest BCUT2D eigenvalue weighted by Crippen LogP contribution is -2.00. The molecule has 0 bridgehead atoms. The van der Waals surface area contributed by atoms with Crippen molar-refractivity contribution in [1.29, 1.82) is 0 Å². The van der Waals surface area contributed by atoms with E-state index in [0.29, 0.717) is 17.5 Å². The van der Waals surface area contributed by atoms with Crippen LogP contribution in [0.25, 0.3) is 67.2 Å². The van der Waals surface area contributed by atoms with Crippen LogP contribution in [0.5, 0.6) is 0 Å². The minimum atomic E-state index is 0.656. The molecule has 0 amide bonds. The van der Waals surface area contributed by atoms with Crippen LogP contribution in [0.3, 0.4) is 0 Å². The van der Waals surface area contributed by atoms with Crippen LogP contribution >= 0.6 is 0 Å². The summed E-state index contributed by atoms with van der Waals surface area (Å²) in [4.78, 5) is 14.8. The fourth-order valence-electron chi connectivity index (χ4n) is 4.99. The van der Waals surface area contributed by atoms with Gasteiger partial charge in [0, 0.05) is 16.7 Å². The summed E-state index contributed by atoms with van der Waals surface area (Å²) in [6.45, 7) is 0. The molecule has 0 unspecified atom stereocenters. The van der Waals surface area contributed by atoms with E-state index in [1.54, 1.807) is 0 Å². The second kappa shape index (κ2) is 10.4. The fourth-order valence-corrected chi connectivity index (χ4v) is 4.99. The summed E-state index contributed by atoms with van der Waals surface area (Å²) in [5, 5.41) is 2.33. The van der Waals surface area contributed by atoms with Crippen molar-refractivity contribution in [3.63, 3.8) is 0 Å². The van der Waals surface area contributed by atoms with Crippen molar-refractivity contribution in [3.8, 4) is 56.4 Å². The zero-order chi connectivity index (χ0) is 26.7. The van der Waals surface area contributed by atoms with E-state index >= 15 is 0 Å². The summed E-state index contributed by atoms with van der Waals surface area (Å²) < 4.78 is 0. The Balaban J connectivity index is 1.31. The summed E-state index contributed by atoms with van der Waals surface area (Å²) in [5.41, 5.74) is 7.63. The first kappa shape index (κ1) is 23.7. The molecule has 6 aromatic carbocycles.